The van der Waals surface area contributed by atoms with Gasteiger partial charge in [-0.25, -0.2) is 0 Å². The van der Waals surface area contributed by atoms with Crippen LogP contribution in [0, 0.1) is 6.92 Å². The Bertz CT molecular complexity index is 434. The largest absolute Gasteiger partial charge is 0.489 e. The lowest BCUT2D eigenvalue weighted by Crippen LogP contribution is -2.24. The number of rotatable bonds is 0. The van der Waals surface area contributed by atoms with E-state index in [1.165, 1.54) is 0 Å². The van der Waals surface area contributed by atoms with E-state index in [1.54, 1.807) is 6.07 Å². The van der Waals surface area contributed by atoms with E-state index < -0.39 is 0 Å². The van der Waals surface area contributed by atoms with E-state index in [0.29, 0.717) is 29.5 Å². The quantitative estimate of drug-likeness (QED) is 0.797. The maximum Gasteiger partial charge on any atom is 0.255 e. The van der Waals surface area contributed by atoms with Crippen LogP contribution in [0.15, 0.2) is 10.5 Å². The first-order chi connectivity index (χ1) is 7.11. The molecule has 0 aromatic heterocycles. The number of amides is 1. The first kappa shape index (κ1) is 10.8. The third-order valence-corrected chi connectivity index (χ3v) is 3.56. The molecule has 0 bridgehead atoms. The summed E-state index contributed by atoms with van der Waals surface area (Å²) in [7, 11) is 0. The standard InChI is InChI=1S/C10H9BrClNO2/c1-5-7(11)4-6-9(8(5)12)15-3-2-13-10(6)14/h4H,2-3H2,1H3,(H,13,14). The first-order valence-corrected chi connectivity index (χ1v) is 5.68. The van der Waals surface area contributed by atoms with Crippen molar-refractivity contribution in [2.24, 2.45) is 0 Å². The number of hydrogen-bond donors (Lipinski definition) is 1. The van der Waals surface area contributed by atoms with Crippen molar-refractivity contribution in [3.05, 3.63) is 26.7 Å². The Morgan fingerprint density at radius 3 is 3.07 bits per heavy atom. The highest BCUT2D eigenvalue weighted by Gasteiger charge is 2.21. The second-order valence-electron chi connectivity index (χ2n) is 3.28. The Hall–Kier alpha value is -0.740. The number of carbonyl (C=O) groups is 1. The molecule has 0 radical (unpaired) electrons. The molecule has 0 spiro atoms. The van der Waals surface area contributed by atoms with Crippen molar-refractivity contribution >= 4 is 33.4 Å². The Morgan fingerprint density at radius 2 is 2.33 bits per heavy atom. The predicted molar refractivity (Wildman–Crippen MR) is 61.7 cm³/mol. The molecule has 2 rings (SSSR count). The van der Waals surface area contributed by atoms with Crippen molar-refractivity contribution in [2.75, 3.05) is 13.2 Å². The summed E-state index contributed by atoms with van der Waals surface area (Å²) >= 11 is 9.48. The number of halogens is 2. The normalized spacial score (nSPS) is 15.0. The SMILES string of the molecule is Cc1c(Br)cc2c(c1Cl)OCCNC2=O. The van der Waals surface area contributed by atoms with Gasteiger partial charge in [-0.15, -0.1) is 0 Å². The number of hydrogen-bond acceptors (Lipinski definition) is 2. The van der Waals surface area contributed by atoms with Crippen molar-refractivity contribution in [1.82, 2.24) is 5.32 Å². The Balaban J connectivity index is 2.65. The van der Waals surface area contributed by atoms with Crippen LogP contribution in [0.3, 0.4) is 0 Å². The van der Waals surface area contributed by atoms with Crippen LogP contribution in [0.25, 0.3) is 0 Å². The fourth-order valence-electron chi connectivity index (χ4n) is 1.42. The van der Waals surface area contributed by atoms with Crippen molar-refractivity contribution in [1.29, 1.82) is 0 Å². The fraction of sp³-hybridized carbons (Fsp3) is 0.300. The summed E-state index contributed by atoms with van der Waals surface area (Å²) in [5, 5.41) is 3.23. The molecule has 0 unspecified atom stereocenters. The minimum atomic E-state index is -0.148. The Kier molecular flexibility index (Phi) is 2.89. The van der Waals surface area contributed by atoms with Crippen LogP contribution in [-0.2, 0) is 0 Å². The number of carbonyl (C=O) groups excluding carboxylic acids is 1. The van der Waals surface area contributed by atoms with Crippen molar-refractivity contribution in [3.8, 4) is 5.75 Å². The van der Waals surface area contributed by atoms with Gasteiger partial charge in [0.25, 0.3) is 5.91 Å². The van der Waals surface area contributed by atoms with E-state index in [0.717, 1.165) is 10.0 Å². The van der Waals surface area contributed by atoms with Gasteiger partial charge < -0.3 is 10.1 Å². The maximum absolute atomic E-state index is 11.7. The van der Waals surface area contributed by atoms with Gasteiger partial charge in [0, 0.05) is 4.47 Å². The molecule has 0 fully saturated rings. The molecule has 0 aliphatic carbocycles. The minimum Gasteiger partial charge on any atom is -0.489 e. The molecule has 1 aromatic rings. The minimum absolute atomic E-state index is 0.148. The molecule has 15 heavy (non-hydrogen) atoms. The first-order valence-electron chi connectivity index (χ1n) is 4.51. The zero-order valence-electron chi connectivity index (χ0n) is 8.06. The second kappa shape index (κ2) is 4.02. The van der Waals surface area contributed by atoms with Crippen LogP contribution < -0.4 is 10.1 Å². The highest BCUT2D eigenvalue weighted by atomic mass is 79.9. The summed E-state index contributed by atoms with van der Waals surface area (Å²) in [4.78, 5) is 11.7. The summed E-state index contributed by atoms with van der Waals surface area (Å²) in [5.41, 5.74) is 1.36. The van der Waals surface area contributed by atoms with Crippen LogP contribution in [0.2, 0.25) is 5.02 Å². The number of ether oxygens (including phenoxy) is 1. The number of fused-ring (bicyclic) bond motifs is 1. The van der Waals surface area contributed by atoms with Crippen molar-refractivity contribution in [3.63, 3.8) is 0 Å². The highest BCUT2D eigenvalue weighted by Crippen LogP contribution is 2.37. The average molecular weight is 291 g/mol. The molecule has 1 amide bonds. The Morgan fingerprint density at radius 1 is 1.60 bits per heavy atom. The van der Waals surface area contributed by atoms with Crippen LogP contribution in [0.1, 0.15) is 15.9 Å². The molecular formula is C10H9BrClNO2. The molecule has 5 heteroatoms. The molecule has 1 heterocycles. The van der Waals surface area contributed by atoms with Gasteiger partial charge in [0.05, 0.1) is 17.1 Å². The topological polar surface area (TPSA) is 38.3 Å². The summed E-state index contributed by atoms with van der Waals surface area (Å²) in [5.74, 6) is 0.331. The van der Waals surface area contributed by atoms with E-state index >= 15 is 0 Å². The monoisotopic (exact) mass is 289 g/mol. The fourth-order valence-corrected chi connectivity index (χ4v) is 2.22. The summed E-state index contributed by atoms with van der Waals surface area (Å²) in [6.07, 6.45) is 0. The van der Waals surface area contributed by atoms with Gasteiger partial charge >= 0.3 is 0 Å². The molecule has 0 saturated heterocycles. The summed E-state index contributed by atoms with van der Waals surface area (Å²) in [6, 6.07) is 1.73. The molecule has 1 aromatic carbocycles. The van der Waals surface area contributed by atoms with E-state index in [4.69, 9.17) is 16.3 Å². The zero-order valence-corrected chi connectivity index (χ0v) is 10.4. The smallest absolute Gasteiger partial charge is 0.255 e. The lowest BCUT2D eigenvalue weighted by molar-refractivity contribution is 0.0957. The zero-order chi connectivity index (χ0) is 11.0. The Labute approximate surface area is 101 Å². The van der Waals surface area contributed by atoms with Gasteiger partial charge in [-0.2, -0.15) is 0 Å². The van der Waals surface area contributed by atoms with Crippen molar-refractivity contribution in [2.45, 2.75) is 6.92 Å². The third-order valence-electron chi connectivity index (χ3n) is 2.28. The lowest BCUT2D eigenvalue weighted by Gasteiger charge is -2.11. The molecule has 0 saturated carbocycles. The molecule has 3 nitrogen and oxygen atoms in total. The van der Waals surface area contributed by atoms with E-state index in [9.17, 15) is 4.79 Å². The van der Waals surface area contributed by atoms with Gasteiger partial charge in [-0.1, -0.05) is 27.5 Å². The number of nitrogens with one attached hydrogen (secondary N) is 1. The van der Waals surface area contributed by atoms with Crippen LogP contribution in [-0.4, -0.2) is 19.1 Å². The van der Waals surface area contributed by atoms with E-state index in [1.807, 2.05) is 6.92 Å². The van der Waals surface area contributed by atoms with Crippen LogP contribution in [0.4, 0.5) is 0 Å². The van der Waals surface area contributed by atoms with Crippen LogP contribution in [0.5, 0.6) is 5.75 Å². The summed E-state index contributed by atoms with van der Waals surface area (Å²) < 4.78 is 6.26. The third kappa shape index (κ3) is 1.84. The van der Waals surface area contributed by atoms with Gasteiger partial charge in [0.1, 0.15) is 6.61 Å². The van der Waals surface area contributed by atoms with Crippen LogP contribution >= 0.6 is 27.5 Å². The predicted octanol–water partition coefficient (Wildman–Crippen LogP) is 2.53. The van der Waals surface area contributed by atoms with E-state index in [2.05, 4.69) is 21.2 Å². The van der Waals surface area contributed by atoms with Crippen molar-refractivity contribution < 1.29 is 9.53 Å². The highest BCUT2D eigenvalue weighted by molar-refractivity contribution is 9.10. The molecule has 0 atom stereocenters. The maximum atomic E-state index is 11.7. The average Bonchev–Trinajstić information content (AvgIpc) is 2.39. The van der Waals surface area contributed by atoms with Gasteiger partial charge in [0.2, 0.25) is 0 Å². The lowest BCUT2D eigenvalue weighted by atomic mass is 10.1. The van der Waals surface area contributed by atoms with E-state index in [-0.39, 0.29) is 5.91 Å². The molecule has 1 N–H and O–H groups in total. The molecular weight excluding hydrogens is 281 g/mol. The molecule has 1 aliphatic heterocycles. The molecule has 80 valence electrons. The second-order valence-corrected chi connectivity index (χ2v) is 4.51. The summed E-state index contributed by atoms with van der Waals surface area (Å²) in [6.45, 7) is 2.82. The van der Waals surface area contributed by atoms with Gasteiger partial charge in [0.15, 0.2) is 5.75 Å². The molecule has 1 aliphatic rings. The number of benzene rings is 1. The van der Waals surface area contributed by atoms with Gasteiger partial charge in [-0.05, 0) is 18.6 Å². The van der Waals surface area contributed by atoms with Gasteiger partial charge in [-0.3, -0.25) is 4.79 Å².